The molecule has 0 aromatic rings. The van der Waals surface area contributed by atoms with Gasteiger partial charge in [0.25, 0.3) is 0 Å². The maximum atomic E-state index is 9.34. The first-order valence-electron chi connectivity index (χ1n) is 5.41. The van der Waals surface area contributed by atoms with Gasteiger partial charge < -0.3 is 48.6 Å². The Morgan fingerprint density at radius 3 is 2.44 bits per heavy atom. The normalized spacial score (nSPS) is 48.8. The fourth-order valence-corrected chi connectivity index (χ4v) is 2.52. The van der Waals surface area contributed by atoms with E-state index < -0.39 is 44.6 Å². The van der Waals surface area contributed by atoms with Crippen molar-refractivity contribution in [3.05, 3.63) is 0 Å². The first-order chi connectivity index (χ1) is 8.27. The van der Waals surface area contributed by atoms with Gasteiger partial charge in [0.1, 0.15) is 0 Å². The van der Waals surface area contributed by atoms with E-state index in [4.69, 9.17) is 23.4 Å². The summed E-state index contributed by atoms with van der Waals surface area (Å²) >= 11 is 0. The topological polar surface area (TPSA) is 147 Å². The number of aliphatic hydroxyl groups is 1. The average Bonchev–Trinajstić information content (AvgIpc) is 2.70. The van der Waals surface area contributed by atoms with Gasteiger partial charge in [-0.1, -0.05) is 0 Å². The molecule has 0 aromatic heterocycles. The number of ether oxygens (including phenoxy) is 1. The highest BCUT2D eigenvalue weighted by Gasteiger charge is 2.62. The smallest absolute Gasteiger partial charge is 0.528 e. The van der Waals surface area contributed by atoms with E-state index in [2.05, 4.69) is 0 Å². The van der Waals surface area contributed by atoms with Gasteiger partial charge in [-0.3, -0.25) is 0 Å². The van der Waals surface area contributed by atoms with Gasteiger partial charge in [-0.05, 0) is 0 Å². The monoisotopic (exact) mass is 272 g/mol. The second-order valence-corrected chi connectivity index (χ2v) is 4.50. The quantitative estimate of drug-likeness (QED) is 0.234. The lowest BCUT2D eigenvalue weighted by atomic mass is 10.1. The molecule has 5 N–H and O–H groups in total. The summed E-state index contributed by atoms with van der Waals surface area (Å²) in [5.74, 6) is -1.83. The minimum atomic E-state index is -3.63. The fraction of sp³-hybridized carbons (Fsp3) is 1.00. The summed E-state index contributed by atoms with van der Waals surface area (Å²) in [6, 6.07) is 0. The maximum Gasteiger partial charge on any atom is 0.528 e. The highest BCUT2D eigenvalue weighted by molar-refractivity contribution is 6.52. The third-order valence-electron chi connectivity index (χ3n) is 3.17. The zero-order chi connectivity index (χ0) is 13.2. The Balaban J connectivity index is 1.90. The van der Waals surface area contributed by atoms with Crippen LogP contribution < -0.4 is 0 Å². The molecule has 10 nitrogen and oxygen atoms in total. The summed E-state index contributed by atoms with van der Waals surface area (Å²) in [4.78, 5) is 0. The zero-order valence-electron chi connectivity index (χ0n) is 9.08. The fourth-order valence-electron chi connectivity index (χ4n) is 2.52. The lowest BCUT2D eigenvalue weighted by Crippen LogP contribution is -2.60. The van der Waals surface area contributed by atoms with Gasteiger partial charge in [-0.2, -0.15) is 0 Å². The molecule has 4 atom stereocenters. The second kappa shape index (κ2) is 3.64. The molecule has 0 bridgehead atoms. The van der Waals surface area contributed by atoms with E-state index in [9.17, 15) is 25.2 Å². The molecule has 0 spiro atoms. The van der Waals surface area contributed by atoms with Crippen LogP contribution in [0.25, 0.3) is 0 Å². The summed E-state index contributed by atoms with van der Waals surface area (Å²) in [5.41, 5.74) is 0. The van der Waals surface area contributed by atoms with E-state index in [1.165, 1.54) is 0 Å². The highest BCUT2D eigenvalue weighted by atomic mass is 17.0. The molecule has 0 radical (unpaired) electrons. The van der Waals surface area contributed by atoms with Gasteiger partial charge in [0.2, 0.25) is 0 Å². The highest BCUT2D eigenvalue weighted by Crippen LogP contribution is 2.43. The van der Waals surface area contributed by atoms with Gasteiger partial charge in [-0.15, -0.1) is 0 Å². The summed E-state index contributed by atoms with van der Waals surface area (Å²) < 4.78 is 24.3. The third-order valence-corrected chi connectivity index (χ3v) is 3.17. The van der Waals surface area contributed by atoms with Crippen molar-refractivity contribution in [3.8, 4) is 0 Å². The van der Waals surface area contributed by atoms with E-state index in [0.717, 1.165) is 0 Å². The second-order valence-electron chi connectivity index (χ2n) is 4.50. The first kappa shape index (κ1) is 12.7. The van der Waals surface area contributed by atoms with Crippen LogP contribution in [0.15, 0.2) is 0 Å². The Morgan fingerprint density at radius 1 is 1.06 bits per heavy atom. The van der Waals surface area contributed by atoms with Crippen LogP contribution in [0.3, 0.4) is 0 Å². The van der Waals surface area contributed by atoms with Crippen LogP contribution >= 0.6 is 0 Å². The number of rotatable bonds is 1. The van der Waals surface area contributed by atoms with Crippen molar-refractivity contribution in [1.82, 2.24) is 0 Å². The van der Waals surface area contributed by atoms with Gasteiger partial charge >= 0.3 is 13.9 Å². The van der Waals surface area contributed by atoms with Crippen LogP contribution in [0.1, 0.15) is 0 Å². The molecule has 12 heteroatoms. The largest absolute Gasteiger partial charge is 0.533 e. The van der Waals surface area contributed by atoms with Crippen LogP contribution in [-0.2, 0) is 23.4 Å². The average molecular weight is 272 g/mol. The maximum absolute atomic E-state index is 9.34. The number of aliphatic hydroxyl groups excluding tert-OH is 1. The van der Waals surface area contributed by atoms with Gasteiger partial charge in [0, 0.05) is 0 Å². The molecule has 0 aromatic carbocycles. The molecule has 0 unspecified atom stereocenters. The molecule has 3 fully saturated rings. The first-order valence-corrected chi connectivity index (χ1v) is 5.41. The Bertz CT molecular complexity index is 362. The lowest BCUT2D eigenvalue weighted by molar-refractivity contribution is -0.272. The predicted molar refractivity (Wildman–Crippen MR) is 51.9 cm³/mol. The Hall–Kier alpha value is -0.270. The van der Waals surface area contributed by atoms with E-state index in [1.54, 1.807) is 0 Å². The molecule has 3 rings (SSSR count). The van der Waals surface area contributed by atoms with Gasteiger partial charge in [0.15, 0.2) is 5.79 Å². The van der Waals surface area contributed by atoms with E-state index in [1.807, 2.05) is 0 Å². The lowest BCUT2D eigenvalue weighted by Gasteiger charge is -2.44. The van der Waals surface area contributed by atoms with Crippen molar-refractivity contribution >= 4 is 13.9 Å². The zero-order valence-corrected chi connectivity index (χ0v) is 9.08. The molecular weight excluding hydrogens is 260 g/mol. The van der Waals surface area contributed by atoms with Crippen LogP contribution in [0, 0.1) is 0 Å². The van der Waals surface area contributed by atoms with Crippen molar-refractivity contribution < 1.29 is 48.6 Å². The van der Waals surface area contributed by atoms with Crippen molar-refractivity contribution in [3.63, 3.8) is 0 Å². The Morgan fingerprint density at radius 2 is 1.78 bits per heavy atom. The van der Waals surface area contributed by atoms with E-state index in [-0.39, 0.29) is 6.61 Å². The number of hydrogen-bond acceptors (Lipinski definition) is 10. The molecule has 3 saturated heterocycles. The molecule has 104 valence electrons. The van der Waals surface area contributed by atoms with E-state index in [0.29, 0.717) is 0 Å². The number of hydrogen-bond donors (Lipinski definition) is 5. The predicted octanol–water partition coefficient (Wildman–Crippen LogP) is -4.25. The summed E-state index contributed by atoms with van der Waals surface area (Å²) in [6.07, 6.45) is -3.21. The molecule has 0 aliphatic carbocycles. The van der Waals surface area contributed by atoms with Crippen molar-refractivity contribution in [2.24, 2.45) is 0 Å². The van der Waals surface area contributed by atoms with Gasteiger partial charge in [0.05, 0.1) is 31.5 Å². The Kier molecular flexibility index (Phi) is 2.58. The van der Waals surface area contributed by atoms with Crippen molar-refractivity contribution in [2.45, 2.75) is 24.1 Å². The molecule has 0 saturated carbocycles. The SMILES string of the molecule is O[13CH2][13C@@]12O[13CH2][13C@H]3O[B-](O)(O)O[13C@H]3[13C@@H]1O[B-](O)(O)O2. The molecule has 3 aliphatic rings. The van der Waals surface area contributed by atoms with E-state index >= 15 is 0 Å². The number of fused-ring (bicyclic) bond motifs is 3. The van der Waals surface area contributed by atoms with Crippen LogP contribution in [0.4, 0.5) is 0 Å². The van der Waals surface area contributed by atoms with Crippen LogP contribution in [-0.4, -0.2) is 76.4 Å². The summed E-state index contributed by atoms with van der Waals surface area (Å²) in [6.45, 7) is -8.03. The van der Waals surface area contributed by atoms with Gasteiger partial charge in [-0.25, -0.2) is 0 Å². The molecule has 0 amide bonds. The standard InChI is InChI=1S/C6H12B2O10/c9-2-6-5(17-8(12,13)18-6)4-3(1-14-6)15-7(10,11)16-4/h3-5,9-13H,1-2H2/q-2/t3-,4-,5+,6+/m1/s1/i1+1,2+1,3+1,4+1,5+1,6+1. The minimum absolute atomic E-state index is 0.193. The van der Waals surface area contributed by atoms with Crippen molar-refractivity contribution in [1.29, 1.82) is 0 Å². The molecule has 3 aliphatic heterocycles. The van der Waals surface area contributed by atoms with Crippen molar-refractivity contribution in [2.75, 3.05) is 13.2 Å². The summed E-state index contributed by atoms with van der Waals surface area (Å²) in [7, 11) is 0. The molecule has 18 heavy (non-hydrogen) atoms. The van der Waals surface area contributed by atoms with Crippen LogP contribution in [0.2, 0.25) is 0 Å². The third kappa shape index (κ3) is 1.78. The molecular formula is C6H12B2O10-2. The molecule has 3 heterocycles. The minimum Gasteiger partial charge on any atom is -0.533 e. The Labute approximate surface area is 101 Å². The van der Waals surface area contributed by atoms with Crippen LogP contribution in [0.5, 0.6) is 0 Å². The summed E-state index contributed by atoms with van der Waals surface area (Å²) in [5, 5.41) is 46.5.